The molecule has 1 heterocycles. The van der Waals surface area contributed by atoms with Gasteiger partial charge in [0.25, 0.3) is 0 Å². The zero-order chi connectivity index (χ0) is 28.6. The first-order valence-corrected chi connectivity index (χ1v) is 13.6. The van der Waals surface area contributed by atoms with Crippen LogP contribution in [-0.4, -0.2) is 89.9 Å². The zero-order valence-corrected chi connectivity index (χ0v) is 23.2. The lowest BCUT2D eigenvalue weighted by Gasteiger charge is -2.39. The zero-order valence-electron chi connectivity index (χ0n) is 23.2. The van der Waals surface area contributed by atoms with E-state index in [-0.39, 0.29) is 0 Å². The first kappa shape index (κ1) is 29.7. The number of rotatable bonds is 11. The van der Waals surface area contributed by atoms with Gasteiger partial charge < -0.3 is 39.5 Å². The van der Waals surface area contributed by atoms with E-state index in [1.165, 1.54) is 0 Å². The smallest absolute Gasteiger partial charge is 0.229 e. The number of hydrogen-bond acceptors (Lipinski definition) is 8. The third-order valence-corrected chi connectivity index (χ3v) is 6.97. The molecule has 1 saturated heterocycles. The Morgan fingerprint density at radius 3 is 1.98 bits per heavy atom. The second kappa shape index (κ2) is 13.9. The maximum atomic E-state index is 10.3. The Kier molecular flexibility index (Phi) is 10.3. The number of likely N-dealkylation sites (N-methyl/N-ethyl adjacent to an activating group) is 1. The van der Waals surface area contributed by atoms with Gasteiger partial charge in [-0.25, -0.2) is 0 Å². The number of benzene rings is 3. The molecule has 0 aromatic heterocycles. The van der Waals surface area contributed by atoms with E-state index in [1.807, 2.05) is 56.6 Å². The van der Waals surface area contributed by atoms with Crippen molar-refractivity contribution in [3.63, 3.8) is 0 Å². The van der Waals surface area contributed by atoms with Crippen molar-refractivity contribution in [1.82, 2.24) is 4.90 Å². The predicted octanol–water partition coefficient (Wildman–Crippen LogP) is 3.17. The molecule has 0 spiro atoms. The summed E-state index contributed by atoms with van der Waals surface area (Å²) in [6, 6.07) is 25.9. The van der Waals surface area contributed by atoms with Crippen LogP contribution in [0.25, 0.3) is 11.1 Å². The quantitative estimate of drug-likeness (QED) is 0.270. The number of ether oxygens (including phenoxy) is 3. The van der Waals surface area contributed by atoms with Crippen molar-refractivity contribution in [3.05, 3.63) is 95.6 Å². The van der Waals surface area contributed by atoms with Crippen molar-refractivity contribution in [2.45, 2.75) is 44.1 Å². The highest BCUT2D eigenvalue weighted by Gasteiger charge is 2.44. The fraction of sp³-hybridized carbons (Fsp3) is 0.375. The first-order valence-electron chi connectivity index (χ1n) is 13.6. The summed E-state index contributed by atoms with van der Waals surface area (Å²) >= 11 is 0. The molecule has 0 unspecified atom stereocenters. The third-order valence-electron chi connectivity index (χ3n) is 6.97. The minimum Gasteiger partial charge on any atom is -0.492 e. The van der Waals surface area contributed by atoms with Crippen molar-refractivity contribution in [1.29, 1.82) is 0 Å². The second-order valence-electron chi connectivity index (χ2n) is 10.1. The third kappa shape index (κ3) is 7.09. The number of hydrogen-bond donors (Lipinski definition) is 4. The molecule has 214 valence electrons. The molecule has 3 aromatic rings. The lowest BCUT2D eigenvalue weighted by molar-refractivity contribution is -0.277. The number of allylic oxidation sites excluding steroid dienone is 1. The molecular weight excluding hydrogens is 510 g/mol. The molecule has 0 bridgehead atoms. The fourth-order valence-electron chi connectivity index (χ4n) is 4.74. The highest BCUT2D eigenvalue weighted by molar-refractivity contribution is 5.98. The van der Waals surface area contributed by atoms with Gasteiger partial charge in [0, 0.05) is 6.54 Å². The van der Waals surface area contributed by atoms with Gasteiger partial charge in [0.1, 0.15) is 42.5 Å². The van der Waals surface area contributed by atoms with Crippen LogP contribution in [0.4, 0.5) is 0 Å². The van der Waals surface area contributed by atoms with E-state index in [1.54, 1.807) is 12.1 Å². The molecule has 5 atom stereocenters. The Morgan fingerprint density at radius 1 is 0.775 bits per heavy atom. The summed E-state index contributed by atoms with van der Waals surface area (Å²) in [5.74, 6) is 1.25. The molecule has 8 nitrogen and oxygen atoms in total. The summed E-state index contributed by atoms with van der Waals surface area (Å²) in [5, 5.41) is 39.8. The molecule has 1 aliphatic heterocycles. The average Bonchev–Trinajstić information content (AvgIpc) is 2.97. The summed E-state index contributed by atoms with van der Waals surface area (Å²) in [6.07, 6.45) is -5.89. The maximum Gasteiger partial charge on any atom is 0.229 e. The number of nitrogens with zero attached hydrogens (tertiary/aromatic N) is 1. The lowest BCUT2D eigenvalue weighted by atomic mass is 9.88. The van der Waals surface area contributed by atoms with Crippen molar-refractivity contribution in [2.75, 3.05) is 33.9 Å². The minimum atomic E-state index is -1.50. The van der Waals surface area contributed by atoms with Crippen molar-refractivity contribution < 1.29 is 34.6 Å². The van der Waals surface area contributed by atoms with Crippen LogP contribution in [-0.2, 0) is 4.74 Å². The highest BCUT2D eigenvalue weighted by atomic mass is 16.7. The van der Waals surface area contributed by atoms with Crippen LogP contribution in [0.5, 0.6) is 11.5 Å². The number of aliphatic hydroxyl groups is 4. The molecule has 4 rings (SSSR count). The van der Waals surface area contributed by atoms with Gasteiger partial charge in [-0.05, 0) is 72.6 Å². The predicted molar refractivity (Wildman–Crippen MR) is 154 cm³/mol. The molecule has 3 aromatic carbocycles. The summed E-state index contributed by atoms with van der Waals surface area (Å²) in [4.78, 5) is 2.08. The molecule has 0 saturated carbocycles. The molecule has 8 heteroatoms. The van der Waals surface area contributed by atoms with Gasteiger partial charge in [0.2, 0.25) is 6.29 Å². The van der Waals surface area contributed by atoms with E-state index in [0.717, 1.165) is 46.6 Å². The van der Waals surface area contributed by atoms with E-state index < -0.39 is 37.3 Å². The van der Waals surface area contributed by atoms with E-state index >= 15 is 0 Å². The second-order valence-corrected chi connectivity index (χ2v) is 10.1. The van der Waals surface area contributed by atoms with Gasteiger partial charge in [-0.1, -0.05) is 61.5 Å². The molecule has 4 N–H and O–H groups in total. The summed E-state index contributed by atoms with van der Waals surface area (Å²) in [6.45, 7) is 3.06. The largest absolute Gasteiger partial charge is 0.492 e. The Labute approximate surface area is 235 Å². The maximum absolute atomic E-state index is 10.3. The van der Waals surface area contributed by atoms with Gasteiger partial charge >= 0.3 is 0 Å². The monoisotopic (exact) mass is 549 g/mol. The Morgan fingerprint density at radius 2 is 1.38 bits per heavy atom. The first-order chi connectivity index (χ1) is 19.3. The van der Waals surface area contributed by atoms with E-state index in [0.29, 0.717) is 12.4 Å². The normalized spacial score (nSPS) is 23.6. The van der Waals surface area contributed by atoms with E-state index in [9.17, 15) is 20.4 Å². The van der Waals surface area contributed by atoms with Crippen LogP contribution in [0.3, 0.4) is 0 Å². The van der Waals surface area contributed by atoms with Crippen molar-refractivity contribution in [2.24, 2.45) is 0 Å². The molecule has 1 fully saturated rings. The molecular formula is C32H39NO7. The lowest BCUT2D eigenvalue weighted by Crippen LogP contribution is -2.60. The van der Waals surface area contributed by atoms with Gasteiger partial charge in [-0.2, -0.15) is 0 Å². The van der Waals surface area contributed by atoms with Crippen LogP contribution in [0.15, 0.2) is 78.9 Å². The van der Waals surface area contributed by atoms with Crippen LogP contribution < -0.4 is 9.47 Å². The number of aliphatic hydroxyl groups excluding tert-OH is 4. The SMILES string of the molecule is CC/C(=C(\c1ccccc1)c1ccc(OCCN(C)C)cc1)c1ccc(O[C@H]2O[C@@H](CO)[C@H](O)[C@@H](O)[C@@H]2O)cc1. The van der Waals surface area contributed by atoms with Crippen LogP contribution >= 0.6 is 0 Å². The molecule has 0 amide bonds. The van der Waals surface area contributed by atoms with Crippen LogP contribution in [0, 0.1) is 0 Å². The van der Waals surface area contributed by atoms with Gasteiger partial charge in [-0.15, -0.1) is 0 Å². The topological polar surface area (TPSA) is 112 Å². The molecule has 0 radical (unpaired) electrons. The minimum absolute atomic E-state index is 0.420. The Bertz CT molecular complexity index is 1230. The highest BCUT2D eigenvalue weighted by Crippen LogP contribution is 2.36. The van der Waals surface area contributed by atoms with Crippen molar-refractivity contribution >= 4 is 11.1 Å². The summed E-state index contributed by atoms with van der Waals surface area (Å²) in [7, 11) is 4.04. The molecule has 0 aliphatic carbocycles. The van der Waals surface area contributed by atoms with E-state index in [2.05, 4.69) is 36.1 Å². The molecule has 1 aliphatic rings. The Hall–Kier alpha value is -3.24. The van der Waals surface area contributed by atoms with Gasteiger partial charge in [0.15, 0.2) is 0 Å². The van der Waals surface area contributed by atoms with Gasteiger partial charge in [0.05, 0.1) is 6.61 Å². The van der Waals surface area contributed by atoms with Crippen molar-refractivity contribution in [3.8, 4) is 11.5 Å². The van der Waals surface area contributed by atoms with Crippen LogP contribution in [0.1, 0.15) is 30.0 Å². The average molecular weight is 550 g/mol. The molecule has 40 heavy (non-hydrogen) atoms. The fourth-order valence-corrected chi connectivity index (χ4v) is 4.74. The van der Waals surface area contributed by atoms with Gasteiger partial charge in [-0.3, -0.25) is 0 Å². The Balaban J connectivity index is 1.61. The van der Waals surface area contributed by atoms with Crippen LogP contribution in [0.2, 0.25) is 0 Å². The van der Waals surface area contributed by atoms with E-state index in [4.69, 9.17) is 14.2 Å². The standard InChI is InChI=1S/C32H39NO7/c1-4-26(21-10-16-25(17-11-21)39-32-31(37)30(36)29(35)27(20-34)40-32)28(22-8-6-5-7-9-22)23-12-14-24(15-13-23)38-19-18-33(2)3/h5-17,27,29-32,34-37H,4,18-20H2,1-3H3/b28-26-/t27-,29-,30+,31-,32-/m0/s1. The summed E-state index contributed by atoms with van der Waals surface area (Å²) in [5.41, 5.74) is 5.44. The summed E-state index contributed by atoms with van der Waals surface area (Å²) < 4.78 is 17.2.